The summed E-state index contributed by atoms with van der Waals surface area (Å²) in [5.74, 6) is 0.985. The van der Waals surface area contributed by atoms with Gasteiger partial charge in [-0.05, 0) is 18.8 Å². The van der Waals surface area contributed by atoms with Crippen LogP contribution in [-0.2, 0) is 4.74 Å². The minimum absolute atomic E-state index is 0.694. The van der Waals surface area contributed by atoms with Gasteiger partial charge in [-0.2, -0.15) is 0 Å². The molecule has 0 bridgehead atoms. The highest BCUT2D eigenvalue weighted by atomic mass is 16.5. The van der Waals surface area contributed by atoms with Gasteiger partial charge in [-0.1, -0.05) is 20.8 Å². The van der Waals surface area contributed by atoms with Crippen LogP contribution in [0.2, 0.25) is 0 Å². The van der Waals surface area contributed by atoms with Crippen molar-refractivity contribution in [2.24, 2.45) is 11.3 Å². The summed E-state index contributed by atoms with van der Waals surface area (Å²) in [6.45, 7) is 8.43. The average molecular weight is 142 g/mol. The van der Waals surface area contributed by atoms with Crippen molar-refractivity contribution >= 4 is 0 Å². The van der Waals surface area contributed by atoms with E-state index in [1.54, 1.807) is 0 Å². The van der Waals surface area contributed by atoms with Crippen LogP contribution in [0.1, 0.15) is 33.6 Å². The van der Waals surface area contributed by atoms with Crippen LogP contribution in [0.3, 0.4) is 0 Å². The normalized spacial score (nSPS) is 27.9. The van der Waals surface area contributed by atoms with Crippen LogP contribution in [0.25, 0.3) is 0 Å². The molecule has 1 heteroatoms. The molecule has 0 amide bonds. The fourth-order valence-corrected chi connectivity index (χ4v) is 2.05. The Labute approximate surface area is 63.8 Å². The van der Waals surface area contributed by atoms with Gasteiger partial charge in [0.25, 0.3) is 0 Å². The smallest absolute Gasteiger partial charge is 0.0545 e. The third-order valence-corrected chi connectivity index (χ3v) is 2.38. The van der Waals surface area contributed by atoms with Crippen LogP contribution in [0.15, 0.2) is 0 Å². The van der Waals surface area contributed by atoms with Crippen molar-refractivity contribution in [1.29, 1.82) is 0 Å². The molecule has 1 heterocycles. The Morgan fingerprint density at radius 1 is 1.20 bits per heavy atom. The zero-order valence-corrected chi connectivity index (χ0v) is 7.31. The first-order valence-corrected chi connectivity index (χ1v) is 4.39. The second-order valence-electron chi connectivity index (χ2n) is 3.51. The maximum atomic E-state index is 5.13. The molecule has 1 aliphatic carbocycles. The zero-order chi connectivity index (χ0) is 7.61. The molecule has 0 aromatic rings. The van der Waals surface area contributed by atoms with E-state index in [0.717, 1.165) is 19.1 Å². The lowest BCUT2D eigenvalue weighted by Crippen LogP contribution is -2.51. The lowest BCUT2D eigenvalue weighted by atomic mass is 9.61. The molecule has 0 aromatic heterocycles. The van der Waals surface area contributed by atoms with Crippen molar-refractivity contribution in [3.05, 3.63) is 0 Å². The van der Waals surface area contributed by atoms with Crippen LogP contribution < -0.4 is 0 Å². The van der Waals surface area contributed by atoms with Crippen molar-refractivity contribution in [2.75, 3.05) is 13.2 Å². The highest BCUT2D eigenvalue weighted by Crippen LogP contribution is 2.50. The standard InChI is InChI=1S/C7H12O.C2H6/c1-6-2-7(3-6)4-8-5-7;1-2/h6H,2-5H2,1H3;1-2H3. The molecule has 1 aliphatic heterocycles. The largest absolute Gasteiger partial charge is 0.380 e. The molecule has 2 aliphatic rings. The van der Waals surface area contributed by atoms with Gasteiger partial charge in [0.2, 0.25) is 0 Å². The Morgan fingerprint density at radius 2 is 1.70 bits per heavy atom. The van der Waals surface area contributed by atoms with E-state index in [1.165, 1.54) is 12.8 Å². The minimum Gasteiger partial charge on any atom is -0.380 e. The highest BCUT2D eigenvalue weighted by Gasteiger charge is 2.47. The van der Waals surface area contributed by atoms with E-state index in [2.05, 4.69) is 6.92 Å². The van der Waals surface area contributed by atoms with Gasteiger partial charge in [0.1, 0.15) is 0 Å². The summed E-state index contributed by atoms with van der Waals surface area (Å²) in [6, 6.07) is 0. The maximum absolute atomic E-state index is 5.13. The van der Waals surface area contributed by atoms with Crippen molar-refractivity contribution in [1.82, 2.24) is 0 Å². The third-order valence-electron chi connectivity index (χ3n) is 2.38. The first-order chi connectivity index (χ1) is 4.81. The van der Waals surface area contributed by atoms with Gasteiger partial charge in [-0.3, -0.25) is 0 Å². The topological polar surface area (TPSA) is 9.23 Å². The molecule has 1 saturated carbocycles. The second-order valence-corrected chi connectivity index (χ2v) is 3.51. The summed E-state index contributed by atoms with van der Waals surface area (Å²) in [5, 5.41) is 0. The minimum atomic E-state index is 0.694. The van der Waals surface area contributed by atoms with E-state index in [-0.39, 0.29) is 0 Å². The molecule has 0 unspecified atom stereocenters. The Kier molecular flexibility index (Phi) is 2.35. The van der Waals surface area contributed by atoms with Crippen molar-refractivity contribution < 1.29 is 4.74 Å². The van der Waals surface area contributed by atoms with Crippen LogP contribution in [-0.4, -0.2) is 13.2 Å². The van der Waals surface area contributed by atoms with E-state index >= 15 is 0 Å². The average Bonchev–Trinajstić information content (AvgIpc) is 1.82. The summed E-state index contributed by atoms with van der Waals surface area (Å²) in [7, 11) is 0. The van der Waals surface area contributed by atoms with Crippen molar-refractivity contribution in [3.63, 3.8) is 0 Å². The second kappa shape index (κ2) is 2.91. The predicted octanol–water partition coefficient (Wildman–Crippen LogP) is 2.46. The van der Waals surface area contributed by atoms with Gasteiger partial charge in [-0.15, -0.1) is 0 Å². The fourth-order valence-electron chi connectivity index (χ4n) is 2.05. The lowest BCUT2D eigenvalue weighted by molar-refractivity contribution is -0.175. The number of ether oxygens (including phenoxy) is 1. The van der Waals surface area contributed by atoms with Crippen LogP contribution in [0.4, 0.5) is 0 Å². The van der Waals surface area contributed by atoms with E-state index < -0.39 is 0 Å². The van der Waals surface area contributed by atoms with Gasteiger partial charge < -0.3 is 4.74 Å². The highest BCUT2D eigenvalue weighted by molar-refractivity contribution is 4.96. The maximum Gasteiger partial charge on any atom is 0.0545 e. The Hall–Kier alpha value is -0.0400. The molecule has 0 aromatic carbocycles. The molecule has 1 saturated heterocycles. The fraction of sp³-hybridized carbons (Fsp3) is 1.00. The quantitative estimate of drug-likeness (QED) is 0.505. The molecular weight excluding hydrogens is 124 g/mol. The molecular formula is C9H18O. The Bertz CT molecular complexity index is 97.3. The first-order valence-electron chi connectivity index (χ1n) is 4.39. The van der Waals surface area contributed by atoms with Crippen LogP contribution >= 0.6 is 0 Å². The van der Waals surface area contributed by atoms with Crippen LogP contribution in [0.5, 0.6) is 0 Å². The van der Waals surface area contributed by atoms with Crippen molar-refractivity contribution in [3.8, 4) is 0 Å². The molecule has 1 nitrogen and oxygen atoms in total. The van der Waals surface area contributed by atoms with E-state index in [0.29, 0.717) is 5.41 Å². The van der Waals surface area contributed by atoms with Gasteiger partial charge in [0.15, 0.2) is 0 Å². The molecule has 0 atom stereocenters. The summed E-state index contributed by atoms with van der Waals surface area (Å²) >= 11 is 0. The summed E-state index contributed by atoms with van der Waals surface area (Å²) in [4.78, 5) is 0. The zero-order valence-electron chi connectivity index (χ0n) is 7.31. The number of hydrogen-bond donors (Lipinski definition) is 0. The summed E-state index contributed by atoms with van der Waals surface area (Å²) < 4.78 is 5.13. The molecule has 0 N–H and O–H groups in total. The van der Waals surface area contributed by atoms with E-state index in [1.807, 2.05) is 13.8 Å². The van der Waals surface area contributed by atoms with Gasteiger partial charge in [0.05, 0.1) is 13.2 Å². The Morgan fingerprint density at radius 3 is 1.80 bits per heavy atom. The molecule has 2 fully saturated rings. The third kappa shape index (κ3) is 1.20. The van der Waals surface area contributed by atoms with Gasteiger partial charge in [-0.25, -0.2) is 0 Å². The SMILES string of the molecule is CC.CC1CC2(COC2)C1. The summed E-state index contributed by atoms with van der Waals surface area (Å²) in [5.41, 5.74) is 0.694. The first kappa shape index (κ1) is 8.06. The number of hydrogen-bond acceptors (Lipinski definition) is 1. The Balaban J connectivity index is 0.000000231. The summed E-state index contributed by atoms with van der Waals surface area (Å²) in [6.07, 6.45) is 2.85. The van der Waals surface area contributed by atoms with Gasteiger partial charge in [0, 0.05) is 5.41 Å². The molecule has 0 radical (unpaired) electrons. The van der Waals surface area contributed by atoms with Crippen molar-refractivity contribution in [2.45, 2.75) is 33.6 Å². The molecule has 60 valence electrons. The molecule has 10 heavy (non-hydrogen) atoms. The number of rotatable bonds is 0. The van der Waals surface area contributed by atoms with E-state index in [9.17, 15) is 0 Å². The predicted molar refractivity (Wildman–Crippen MR) is 43.0 cm³/mol. The lowest BCUT2D eigenvalue weighted by Gasteiger charge is -2.52. The monoisotopic (exact) mass is 142 g/mol. The van der Waals surface area contributed by atoms with E-state index in [4.69, 9.17) is 4.74 Å². The van der Waals surface area contributed by atoms with Crippen LogP contribution in [0, 0.1) is 11.3 Å². The molecule has 1 spiro atoms. The molecule has 2 rings (SSSR count). The van der Waals surface area contributed by atoms with Gasteiger partial charge >= 0.3 is 0 Å².